The highest BCUT2D eigenvalue weighted by Gasteiger charge is 2.25. The molecule has 0 saturated carbocycles. The van der Waals surface area contributed by atoms with Crippen molar-refractivity contribution >= 4 is 29.6 Å². The molecule has 34 heavy (non-hydrogen) atoms. The van der Waals surface area contributed by atoms with E-state index in [9.17, 15) is 4.79 Å². The summed E-state index contributed by atoms with van der Waals surface area (Å²) in [5, 5.41) is 10.7. The van der Waals surface area contributed by atoms with Crippen LogP contribution in [0.3, 0.4) is 0 Å². The molecular formula is C27H23N5O2. The molecule has 7 heteroatoms. The number of nitrogens with one attached hydrogen (secondary N) is 2. The van der Waals surface area contributed by atoms with Gasteiger partial charge in [0.25, 0.3) is 11.9 Å². The van der Waals surface area contributed by atoms with E-state index in [1.54, 1.807) is 17.9 Å². The highest BCUT2D eigenvalue weighted by atomic mass is 16.5. The number of rotatable bonds is 6. The van der Waals surface area contributed by atoms with Crippen molar-refractivity contribution in [3.63, 3.8) is 0 Å². The molecule has 0 saturated heterocycles. The number of carbonyl (C=O) groups excluding carboxylic acids is 1. The van der Waals surface area contributed by atoms with Gasteiger partial charge in [0.15, 0.2) is 0 Å². The van der Waals surface area contributed by atoms with E-state index in [0.29, 0.717) is 5.95 Å². The molecule has 0 spiro atoms. The minimum Gasteiger partial charge on any atom is -0.497 e. The maximum absolute atomic E-state index is 12.5. The molecule has 0 aliphatic carbocycles. The zero-order valence-corrected chi connectivity index (χ0v) is 18.6. The van der Waals surface area contributed by atoms with Crippen LogP contribution >= 0.6 is 0 Å². The smallest absolute Gasteiger partial charge is 0.250 e. The van der Waals surface area contributed by atoms with E-state index < -0.39 is 0 Å². The number of hydrogen-bond acceptors (Lipinski definition) is 5. The summed E-state index contributed by atoms with van der Waals surface area (Å²) in [5.41, 5.74) is 3.91. The molecule has 5 rings (SSSR count). The summed E-state index contributed by atoms with van der Waals surface area (Å²) in [7, 11) is 1.64. The maximum atomic E-state index is 12.5. The molecule has 168 valence electrons. The predicted octanol–water partition coefficient (Wildman–Crippen LogP) is 4.99. The van der Waals surface area contributed by atoms with Crippen LogP contribution in [0.2, 0.25) is 0 Å². The van der Waals surface area contributed by atoms with Crippen LogP contribution in [0.5, 0.6) is 5.75 Å². The third-order valence-electron chi connectivity index (χ3n) is 5.47. The number of amides is 1. The summed E-state index contributed by atoms with van der Waals surface area (Å²) in [6.45, 7) is 0. The molecule has 3 aromatic carbocycles. The molecule has 2 heterocycles. The zero-order chi connectivity index (χ0) is 23.3. The van der Waals surface area contributed by atoms with Crippen molar-refractivity contribution in [1.82, 2.24) is 14.8 Å². The minimum absolute atomic E-state index is 0.213. The molecule has 1 atom stereocenters. The van der Waals surface area contributed by atoms with E-state index in [4.69, 9.17) is 4.74 Å². The van der Waals surface area contributed by atoms with Crippen molar-refractivity contribution in [3.05, 3.63) is 114 Å². The Labute approximate surface area is 197 Å². The minimum atomic E-state index is -0.302. The standard InChI is InChI=1S/C27H23N5O2/c1-34-22-15-13-21(14-16-22)24-18-23(20-10-6-3-7-11-20)28-27-30-26(31-32(24)27)29-25(33)17-12-19-8-4-2-5-9-19/h2-18,24H,1H3,(H2,28,29,30,31,33)/b17-12+/t24-/m0/s1. The maximum Gasteiger partial charge on any atom is 0.250 e. The lowest BCUT2D eigenvalue weighted by Crippen LogP contribution is -2.20. The summed E-state index contributed by atoms with van der Waals surface area (Å²) in [6, 6.07) is 27.3. The average Bonchev–Trinajstić information content (AvgIpc) is 3.30. The van der Waals surface area contributed by atoms with Crippen molar-refractivity contribution in [2.45, 2.75) is 6.04 Å². The Morgan fingerprint density at radius 3 is 2.41 bits per heavy atom. The number of allylic oxidation sites excluding steroid dienone is 1. The molecule has 0 fully saturated rings. The molecule has 0 unspecified atom stereocenters. The Kier molecular flexibility index (Phi) is 5.90. The van der Waals surface area contributed by atoms with Crippen LogP contribution < -0.4 is 15.4 Å². The number of nitrogens with zero attached hydrogens (tertiary/aromatic N) is 3. The van der Waals surface area contributed by atoms with Gasteiger partial charge in [0.2, 0.25) is 5.95 Å². The first-order valence-corrected chi connectivity index (χ1v) is 10.9. The van der Waals surface area contributed by atoms with E-state index in [1.165, 1.54) is 6.08 Å². The molecule has 0 radical (unpaired) electrons. The fourth-order valence-corrected chi connectivity index (χ4v) is 3.76. The van der Waals surface area contributed by atoms with Gasteiger partial charge >= 0.3 is 0 Å². The van der Waals surface area contributed by atoms with Crippen molar-refractivity contribution < 1.29 is 9.53 Å². The summed E-state index contributed by atoms with van der Waals surface area (Å²) in [6.07, 6.45) is 5.32. The first kappa shape index (κ1) is 21.2. The van der Waals surface area contributed by atoms with Crippen molar-refractivity contribution in [2.75, 3.05) is 17.7 Å². The molecular weight excluding hydrogens is 426 g/mol. The van der Waals surface area contributed by atoms with Crippen LogP contribution in [0.25, 0.3) is 11.8 Å². The van der Waals surface area contributed by atoms with E-state index in [0.717, 1.165) is 28.1 Å². The van der Waals surface area contributed by atoms with Gasteiger partial charge in [-0.05, 0) is 41.0 Å². The van der Waals surface area contributed by atoms with E-state index >= 15 is 0 Å². The molecule has 1 aromatic heterocycles. The third kappa shape index (κ3) is 4.59. The van der Waals surface area contributed by atoms with Crippen LogP contribution in [0.15, 0.2) is 97.1 Å². The van der Waals surface area contributed by atoms with Gasteiger partial charge in [0, 0.05) is 11.8 Å². The highest BCUT2D eigenvalue weighted by Crippen LogP contribution is 2.33. The SMILES string of the molecule is COc1ccc([C@@H]2C=C(c3ccccc3)Nc3nc(NC(=O)/C=C/c4ccccc4)nn32)cc1. The predicted molar refractivity (Wildman–Crippen MR) is 133 cm³/mol. The van der Waals surface area contributed by atoms with Gasteiger partial charge in [-0.3, -0.25) is 10.1 Å². The van der Waals surface area contributed by atoms with Crippen LogP contribution in [-0.2, 0) is 4.79 Å². The molecule has 1 aliphatic rings. The number of carbonyl (C=O) groups is 1. The molecule has 2 N–H and O–H groups in total. The number of fused-ring (bicyclic) bond motifs is 1. The summed E-state index contributed by atoms with van der Waals surface area (Å²) in [5.74, 6) is 1.25. The number of methoxy groups -OCH3 is 1. The van der Waals surface area contributed by atoms with Gasteiger partial charge in [-0.1, -0.05) is 72.8 Å². The summed E-state index contributed by atoms with van der Waals surface area (Å²) >= 11 is 0. The van der Waals surface area contributed by atoms with Crippen LogP contribution in [0.1, 0.15) is 22.7 Å². The lowest BCUT2D eigenvalue weighted by Gasteiger charge is -2.24. The second kappa shape index (κ2) is 9.46. The monoisotopic (exact) mass is 449 g/mol. The van der Waals surface area contributed by atoms with Gasteiger partial charge in [-0.15, -0.1) is 5.10 Å². The van der Waals surface area contributed by atoms with Crippen molar-refractivity contribution in [1.29, 1.82) is 0 Å². The Bertz CT molecular complexity index is 1340. The third-order valence-corrected chi connectivity index (χ3v) is 5.47. The fourth-order valence-electron chi connectivity index (χ4n) is 3.76. The first-order valence-electron chi connectivity index (χ1n) is 10.9. The molecule has 1 amide bonds. The van der Waals surface area contributed by atoms with E-state index in [2.05, 4.69) is 26.8 Å². The van der Waals surface area contributed by atoms with Gasteiger partial charge in [0.05, 0.1) is 7.11 Å². The Balaban J connectivity index is 1.44. The fraction of sp³-hybridized carbons (Fsp3) is 0.0741. The molecule has 1 aliphatic heterocycles. The lowest BCUT2D eigenvalue weighted by molar-refractivity contribution is -0.111. The summed E-state index contributed by atoms with van der Waals surface area (Å²) < 4.78 is 7.07. The Morgan fingerprint density at radius 1 is 1.00 bits per heavy atom. The number of aromatic nitrogens is 3. The molecule has 0 bridgehead atoms. The van der Waals surface area contributed by atoms with Crippen LogP contribution in [-0.4, -0.2) is 27.8 Å². The zero-order valence-electron chi connectivity index (χ0n) is 18.6. The van der Waals surface area contributed by atoms with E-state index in [-0.39, 0.29) is 17.9 Å². The quantitative estimate of drug-likeness (QED) is 0.405. The number of hydrogen-bond donors (Lipinski definition) is 2. The number of anilines is 2. The Morgan fingerprint density at radius 2 is 1.71 bits per heavy atom. The molecule has 4 aromatic rings. The lowest BCUT2D eigenvalue weighted by atomic mass is 10.0. The van der Waals surface area contributed by atoms with Crippen LogP contribution in [0, 0.1) is 0 Å². The van der Waals surface area contributed by atoms with Gasteiger partial charge in [0.1, 0.15) is 11.8 Å². The molecule has 7 nitrogen and oxygen atoms in total. The second-order valence-corrected chi connectivity index (χ2v) is 7.73. The van der Waals surface area contributed by atoms with Gasteiger partial charge < -0.3 is 10.1 Å². The summed E-state index contributed by atoms with van der Waals surface area (Å²) in [4.78, 5) is 17.0. The number of ether oxygens (including phenoxy) is 1. The van der Waals surface area contributed by atoms with Crippen molar-refractivity contribution in [3.8, 4) is 5.75 Å². The topological polar surface area (TPSA) is 81.1 Å². The van der Waals surface area contributed by atoms with Gasteiger partial charge in [-0.25, -0.2) is 4.68 Å². The largest absolute Gasteiger partial charge is 0.497 e. The number of benzene rings is 3. The van der Waals surface area contributed by atoms with Gasteiger partial charge in [-0.2, -0.15) is 4.98 Å². The average molecular weight is 450 g/mol. The Hall–Kier alpha value is -4.65. The van der Waals surface area contributed by atoms with Crippen molar-refractivity contribution in [2.24, 2.45) is 0 Å². The first-order chi connectivity index (χ1) is 16.7. The highest BCUT2D eigenvalue weighted by molar-refractivity contribution is 6.01. The van der Waals surface area contributed by atoms with Crippen LogP contribution in [0.4, 0.5) is 11.9 Å². The van der Waals surface area contributed by atoms with E-state index in [1.807, 2.05) is 84.9 Å². The second-order valence-electron chi connectivity index (χ2n) is 7.73. The normalized spacial score (nSPS) is 14.7.